The first-order chi connectivity index (χ1) is 17.5. The SMILES string of the molecule is CC(C)c1nnc2nc(NC(C)c3cc(N)cc(C(F)(F)F)c3)c3c(n12)CN(C(=O)N1CCOCC1)C3. The minimum atomic E-state index is -4.52. The molecule has 13 heteroatoms. The summed E-state index contributed by atoms with van der Waals surface area (Å²) in [5.74, 6) is 1.60. The van der Waals surface area contributed by atoms with Crippen molar-refractivity contribution < 1.29 is 22.7 Å². The Morgan fingerprint density at radius 2 is 1.81 bits per heavy atom. The summed E-state index contributed by atoms with van der Waals surface area (Å²) in [4.78, 5) is 21.4. The molecule has 1 atom stereocenters. The number of hydrogen-bond donors (Lipinski definition) is 2. The second-order valence-electron chi connectivity index (χ2n) is 9.72. The van der Waals surface area contributed by atoms with Gasteiger partial charge in [0.15, 0.2) is 0 Å². The van der Waals surface area contributed by atoms with Crippen LogP contribution in [0.15, 0.2) is 18.2 Å². The van der Waals surface area contributed by atoms with Gasteiger partial charge < -0.3 is 25.6 Å². The molecule has 37 heavy (non-hydrogen) atoms. The molecule has 2 aromatic heterocycles. The van der Waals surface area contributed by atoms with Crippen LogP contribution in [0.5, 0.6) is 0 Å². The van der Waals surface area contributed by atoms with E-state index in [9.17, 15) is 18.0 Å². The molecule has 1 unspecified atom stereocenters. The van der Waals surface area contributed by atoms with Gasteiger partial charge in [-0.15, -0.1) is 10.2 Å². The van der Waals surface area contributed by atoms with Gasteiger partial charge >= 0.3 is 12.2 Å². The number of hydrogen-bond acceptors (Lipinski definition) is 7. The number of ether oxygens (including phenoxy) is 1. The number of amides is 2. The summed E-state index contributed by atoms with van der Waals surface area (Å²) in [5, 5.41) is 11.8. The fraction of sp³-hybridized carbons (Fsp3) is 0.500. The zero-order chi connectivity index (χ0) is 26.5. The molecule has 1 aromatic carbocycles. The number of nitrogen functional groups attached to an aromatic ring is 1. The van der Waals surface area contributed by atoms with Gasteiger partial charge in [0.2, 0.25) is 0 Å². The van der Waals surface area contributed by atoms with Crippen molar-refractivity contribution in [1.82, 2.24) is 29.4 Å². The Labute approximate surface area is 211 Å². The zero-order valence-corrected chi connectivity index (χ0v) is 20.8. The maximum Gasteiger partial charge on any atom is 0.416 e. The van der Waals surface area contributed by atoms with E-state index in [-0.39, 0.29) is 17.6 Å². The second-order valence-corrected chi connectivity index (χ2v) is 9.72. The number of rotatable bonds is 4. The number of nitrogens with one attached hydrogen (secondary N) is 1. The van der Waals surface area contributed by atoms with Crippen molar-refractivity contribution in [2.45, 2.75) is 52.0 Å². The number of halogens is 3. The first kappa shape index (κ1) is 25.1. The third-order valence-electron chi connectivity index (χ3n) is 6.70. The molecule has 2 amide bonds. The topological polar surface area (TPSA) is 114 Å². The average Bonchev–Trinajstić information content (AvgIpc) is 3.48. The molecule has 0 radical (unpaired) electrons. The Balaban J connectivity index is 1.51. The average molecular weight is 519 g/mol. The highest BCUT2D eigenvalue weighted by molar-refractivity contribution is 5.76. The fourth-order valence-corrected chi connectivity index (χ4v) is 4.78. The Kier molecular flexibility index (Phi) is 6.34. The number of fused-ring (bicyclic) bond motifs is 3. The molecule has 2 aliphatic rings. The number of nitrogens with zero attached hydrogens (tertiary/aromatic N) is 6. The van der Waals surface area contributed by atoms with Crippen molar-refractivity contribution in [2.24, 2.45) is 0 Å². The number of anilines is 2. The van der Waals surface area contributed by atoms with Crippen molar-refractivity contribution in [3.8, 4) is 0 Å². The number of carbonyl (C=O) groups excluding carboxylic acids is 1. The van der Waals surface area contributed by atoms with E-state index in [1.165, 1.54) is 6.07 Å². The van der Waals surface area contributed by atoms with E-state index in [4.69, 9.17) is 10.5 Å². The molecule has 5 rings (SSSR count). The van der Waals surface area contributed by atoms with E-state index in [1.807, 2.05) is 18.2 Å². The minimum Gasteiger partial charge on any atom is -0.399 e. The lowest BCUT2D eigenvalue weighted by Crippen LogP contribution is -2.46. The number of benzene rings is 1. The van der Waals surface area contributed by atoms with Crippen molar-refractivity contribution in [2.75, 3.05) is 37.4 Å². The van der Waals surface area contributed by atoms with Gasteiger partial charge in [0.1, 0.15) is 11.6 Å². The van der Waals surface area contributed by atoms with Gasteiger partial charge in [-0.2, -0.15) is 18.2 Å². The molecule has 4 heterocycles. The van der Waals surface area contributed by atoms with E-state index in [0.29, 0.717) is 56.6 Å². The van der Waals surface area contributed by atoms with Crippen LogP contribution in [-0.4, -0.2) is 61.7 Å². The molecular formula is C24H29F3N8O2. The third kappa shape index (κ3) is 4.75. The first-order valence-electron chi connectivity index (χ1n) is 12.2. The molecule has 0 bridgehead atoms. The molecule has 0 spiro atoms. The summed E-state index contributed by atoms with van der Waals surface area (Å²) >= 11 is 0. The van der Waals surface area contributed by atoms with Crippen LogP contribution in [0.25, 0.3) is 5.78 Å². The van der Waals surface area contributed by atoms with Crippen LogP contribution in [-0.2, 0) is 24.0 Å². The number of carbonyl (C=O) groups is 1. The number of urea groups is 1. The summed E-state index contributed by atoms with van der Waals surface area (Å²) in [6, 6.07) is 2.84. The standard InChI is InChI=1S/C24H29F3N8O2/c1-13(2)21-31-32-22-30-20(29-14(3)15-8-16(24(25,26)27)10-17(28)9-15)18-11-34(12-19(18)35(21)22)23(36)33-4-6-37-7-5-33/h8-10,13-14H,4-7,11-12,28H2,1-3H3,(H,29,30,32). The zero-order valence-electron chi connectivity index (χ0n) is 20.8. The van der Waals surface area contributed by atoms with Gasteiger partial charge in [-0.3, -0.25) is 4.40 Å². The summed E-state index contributed by atoms with van der Waals surface area (Å²) in [5.41, 5.74) is 6.97. The highest BCUT2D eigenvalue weighted by Crippen LogP contribution is 2.36. The van der Waals surface area contributed by atoms with Crippen LogP contribution in [0.3, 0.4) is 0 Å². The number of alkyl halides is 3. The van der Waals surface area contributed by atoms with E-state index < -0.39 is 17.8 Å². The quantitative estimate of drug-likeness (QED) is 0.505. The first-order valence-corrected chi connectivity index (χ1v) is 12.2. The predicted molar refractivity (Wildman–Crippen MR) is 130 cm³/mol. The Morgan fingerprint density at radius 3 is 2.49 bits per heavy atom. The molecule has 3 aromatic rings. The normalized spacial score (nSPS) is 16.9. The summed E-state index contributed by atoms with van der Waals surface area (Å²) in [6.07, 6.45) is -4.52. The Bertz CT molecular complexity index is 1330. The molecule has 10 nitrogen and oxygen atoms in total. The van der Waals surface area contributed by atoms with E-state index in [1.54, 1.807) is 16.7 Å². The molecule has 2 aliphatic heterocycles. The van der Waals surface area contributed by atoms with Gasteiger partial charge in [0.05, 0.1) is 43.6 Å². The lowest BCUT2D eigenvalue weighted by Gasteiger charge is -2.30. The molecule has 198 valence electrons. The Hall–Kier alpha value is -3.61. The van der Waals surface area contributed by atoms with E-state index in [0.717, 1.165) is 29.2 Å². The Morgan fingerprint density at radius 1 is 1.08 bits per heavy atom. The maximum absolute atomic E-state index is 13.4. The smallest absolute Gasteiger partial charge is 0.399 e. The maximum atomic E-state index is 13.4. The van der Waals surface area contributed by atoms with Crippen LogP contribution in [0, 0.1) is 0 Å². The van der Waals surface area contributed by atoms with Gasteiger partial charge in [0, 0.05) is 30.3 Å². The predicted octanol–water partition coefficient (Wildman–Crippen LogP) is 3.79. The summed E-state index contributed by atoms with van der Waals surface area (Å²) in [7, 11) is 0. The van der Waals surface area contributed by atoms with E-state index >= 15 is 0 Å². The lowest BCUT2D eigenvalue weighted by atomic mass is 10.0. The minimum absolute atomic E-state index is 0.0217. The highest BCUT2D eigenvalue weighted by Gasteiger charge is 2.35. The van der Waals surface area contributed by atoms with Gasteiger partial charge in [-0.1, -0.05) is 13.8 Å². The molecular weight excluding hydrogens is 489 g/mol. The molecule has 0 saturated carbocycles. The molecule has 1 fully saturated rings. The van der Waals surface area contributed by atoms with Gasteiger partial charge in [0.25, 0.3) is 5.78 Å². The molecule has 1 saturated heterocycles. The molecule has 0 aliphatic carbocycles. The molecule has 3 N–H and O–H groups in total. The number of aromatic nitrogens is 4. The van der Waals surface area contributed by atoms with Crippen molar-refractivity contribution >= 4 is 23.3 Å². The number of nitrogens with two attached hydrogens (primary N) is 1. The van der Waals surface area contributed by atoms with E-state index in [2.05, 4.69) is 20.5 Å². The van der Waals surface area contributed by atoms with Crippen LogP contribution >= 0.6 is 0 Å². The van der Waals surface area contributed by atoms with Gasteiger partial charge in [-0.25, -0.2) is 4.79 Å². The second kappa shape index (κ2) is 9.36. The summed E-state index contributed by atoms with van der Waals surface area (Å²) in [6.45, 7) is 8.39. The third-order valence-corrected chi connectivity index (χ3v) is 6.70. The van der Waals surface area contributed by atoms with Crippen molar-refractivity contribution in [3.05, 3.63) is 46.4 Å². The summed E-state index contributed by atoms with van der Waals surface area (Å²) < 4.78 is 47.4. The number of morpholine rings is 1. The van der Waals surface area contributed by atoms with Crippen LogP contribution < -0.4 is 11.1 Å². The fourth-order valence-electron chi connectivity index (χ4n) is 4.78. The van der Waals surface area contributed by atoms with Crippen molar-refractivity contribution in [3.63, 3.8) is 0 Å². The van der Waals surface area contributed by atoms with Gasteiger partial charge in [-0.05, 0) is 30.7 Å². The monoisotopic (exact) mass is 518 g/mol. The van der Waals surface area contributed by atoms with Crippen LogP contribution in [0.1, 0.15) is 60.9 Å². The van der Waals surface area contributed by atoms with Crippen molar-refractivity contribution in [1.29, 1.82) is 0 Å². The van der Waals surface area contributed by atoms with Crippen LogP contribution in [0.4, 0.5) is 29.5 Å². The largest absolute Gasteiger partial charge is 0.416 e. The van der Waals surface area contributed by atoms with Crippen LogP contribution in [0.2, 0.25) is 0 Å². The highest BCUT2D eigenvalue weighted by atomic mass is 19.4. The lowest BCUT2D eigenvalue weighted by molar-refractivity contribution is -0.137.